The Hall–Kier alpha value is -5.45. The van der Waals surface area contributed by atoms with Crippen LogP contribution in [0.5, 0.6) is 0 Å². The molecule has 1 aliphatic rings. The third kappa shape index (κ3) is 4.14. The maximum Gasteiger partial charge on any atom is 0.160 e. The number of aromatic nitrogens is 3. The first-order chi connectivity index (χ1) is 22.6. The zero-order valence-corrected chi connectivity index (χ0v) is 26.3. The molecule has 5 aromatic carbocycles. The molecule has 0 aliphatic heterocycles. The Bertz CT molecular complexity index is 2460. The highest BCUT2D eigenvalue weighted by Gasteiger charge is 2.40. The highest BCUT2D eigenvalue weighted by molar-refractivity contribution is 7.26. The van der Waals surface area contributed by atoms with Crippen molar-refractivity contribution in [2.24, 2.45) is 0 Å². The molecule has 0 spiro atoms. The van der Waals surface area contributed by atoms with Crippen molar-refractivity contribution >= 4 is 31.5 Å². The summed E-state index contributed by atoms with van der Waals surface area (Å²) in [6, 6.07) is 45.4. The van der Waals surface area contributed by atoms with E-state index < -0.39 is 0 Å². The second kappa shape index (κ2) is 10.3. The molecule has 1 aliphatic carbocycles. The van der Waals surface area contributed by atoms with Crippen LogP contribution in [0.1, 0.15) is 25.0 Å². The molecule has 4 heteroatoms. The smallest absolute Gasteiger partial charge is 0.160 e. The number of hydrogen-bond donors (Lipinski definition) is 0. The van der Waals surface area contributed by atoms with E-state index in [0.717, 1.165) is 39.5 Å². The molecule has 0 bridgehead atoms. The van der Waals surface area contributed by atoms with Crippen LogP contribution in [-0.4, -0.2) is 15.0 Å². The second-order valence-electron chi connectivity index (χ2n) is 12.5. The van der Waals surface area contributed by atoms with Crippen LogP contribution in [0.2, 0.25) is 0 Å². The number of hydrogen-bond acceptors (Lipinski definition) is 4. The van der Waals surface area contributed by atoms with Gasteiger partial charge in [0.15, 0.2) is 5.82 Å². The van der Waals surface area contributed by atoms with Crippen LogP contribution in [0.25, 0.3) is 76.3 Å². The number of fused-ring (bicyclic) bond motifs is 6. The van der Waals surface area contributed by atoms with Gasteiger partial charge < -0.3 is 0 Å². The monoisotopic (exact) mass is 607 g/mol. The van der Waals surface area contributed by atoms with Gasteiger partial charge in [-0.15, -0.1) is 11.3 Å². The number of nitrogens with zero attached hydrogens (tertiary/aromatic N) is 3. The summed E-state index contributed by atoms with van der Waals surface area (Å²) in [5.41, 5.74) is 12.1. The molecular formula is C42H29N3S. The lowest BCUT2D eigenvalue weighted by molar-refractivity contribution is 0.658. The van der Waals surface area contributed by atoms with Crippen molar-refractivity contribution in [3.63, 3.8) is 0 Å². The molecule has 46 heavy (non-hydrogen) atoms. The third-order valence-electron chi connectivity index (χ3n) is 9.36. The summed E-state index contributed by atoms with van der Waals surface area (Å²) in [6.07, 6.45) is 3.73. The van der Waals surface area contributed by atoms with Gasteiger partial charge in [0.05, 0.1) is 11.4 Å². The van der Waals surface area contributed by atoms with E-state index in [2.05, 4.69) is 140 Å². The molecule has 0 saturated heterocycles. The van der Waals surface area contributed by atoms with Crippen molar-refractivity contribution in [1.29, 1.82) is 0 Å². The molecule has 9 rings (SSSR count). The lowest BCUT2D eigenvalue weighted by atomic mass is 9.80. The average molecular weight is 608 g/mol. The molecule has 0 fully saturated rings. The van der Waals surface area contributed by atoms with Crippen molar-refractivity contribution < 1.29 is 0 Å². The SMILES string of the molecule is CC1(C)c2ccccc2-c2nc(-c3cccc(-c4cccc5c4sc4ccccc45)c3)nc(-c3cccc(-c4cccnc4)c3)c21. The van der Waals surface area contributed by atoms with Crippen molar-refractivity contribution in [1.82, 2.24) is 15.0 Å². The highest BCUT2D eigenvalue weighted by Crippen LogP contribution is 2.51. The Kier molecular flexibility index (Phi) is 6.02. The molecule has 218 valence electrons. The Morgan fingerprint density at radius 1 is 0.543 bits per heavy atom. The lowest BCUT2D eigenvalue weighted by Crippen LogP contribution is -2.17. The van der Waals surface area contributed by atoms with E-state index in [0.29, 0.717) is 0 Å². The molecule has 0 unspecified atom stereocenters. The quantitative estimate of drug-likeness (QED) is 0.200. The van der Waals surface area contributed by atoms with E-state index in [1.54, 1.807) is 0 Å². The van der Waals surface area contributed by atoms with Crippen molar-refractivity contribution in [3.05, 3.63) is 151 Å². The standard InChI is InChI=1S/C42H29N3S/c1-42(2)35-20-5-3-17-34(35)39-37(42)38(28-13-7-11-26(23-28)30-15-10-22-43-25-30)44-41(45-39)29-14-8-12-27(24-29)31-18-9-19-33-32-16-4-6-21-36(32)46-40(31)33/h3-25H,1-2H3. The fourth-order valence-corrected chi connectivity index (χ4v) is 8.37. The number of pyridine rings is 1. The van der Waals surface area contributed by atoms with Crippen LogP contribution in [0, 0.1) is 0 Å². The molecule has 3 aromatic heterocycles. The topological polar surface area (TPSA) is 38.7 Å². The zero-order valence-electron chi connectivity index (χ0n) is 25.5. The van der Waals surface area contributed by atoms with Gasteiger partial charge in [-0.2, -0.15) is 0 Å². The summed E-state index contributed by atoms with van der Waals surface area (Å²) in [5.74, 6) is 0.735. The Morgan fingerprint density at radius 2 is 1.22 bits per heavy atom. The first-order valence-electron chi connectivity index (χ1n) is 15.6. The molecule has 3 nitrogen and oxygen atoms in total. The summed E-state index contributed by atoms with van der Waals surface area (Å²) in [4.78, 5) is 15.1. The zero-order chi connectivity index (χ0) is 30.8. The third-order valence-corrected chi connectivity index (χ3v) is 10.6. The lowest BCUT2D eigenvalue weighted by Gasteiger charge is -2.24. The van der Waals surface area contributed by atoms with E-state index in [4.69, 9.17) is 9.97 Å². The molecule has 0 radical (unpaired) electrons. The Labute approximate surface area is 271 Å². The van der Waals surface area contributed by atoms with E-state index >= 15 is 0 Å². The molecule has 0 saturated carbocycles. The van der Waals surface area contributed by atoms with Crippen LogP contribution >= 0.6 is 11.3 Å². The number of benzene rings is 5. The molecule has 0 amide bonds. The van der Waals surface area contributed by atoms with Gasteiger partial charge in [0.2, 0.25) is 0 Å². The summed E-state index contributed by atoms with van der Waals surface area (Å²) < 4.78 is 2.61. The summed E-state index contributed by atoms with van der Waals surface area (Å²) in [6.45, 7) is 4.59. The maximum absolute atomic E-state index is 5.41. The predicted molar refractivity (Wildman–Crippen MR) is 192 cm³/mol. The van der Waals surface area contributed by atoms with Gasteiger partial charge in [-0.05, 0) is 46.5 Å². The normalized spacial score (nSPS) is 13.2. The van der Waals surface area contributed by atoms with Crippen LogP contribution in [0.15, 0.2) is 140 Å². The molecule has 0 N–H and O–H groups in total. The van der Waals surface area contributed by atoms with Crippen LogP contribution in [0.4, 0.5) is 0 Å². The number of rotatable bonds is 4. The number of thiophene rings is 1. The molecule has 0 atom stereocenters. The van der Waals surface area contributed by atoms with Gasteiger partial charge in [-0.25, -0.2) is 9.97 Å². The summed E-state index contributed by atoms with van der Waals surface area (Å²) in [7, 11) is 0. The van der Waals surface area contributed by atoms with Gasteiger partial charge in [0, 0.05) is 65.8 Å². The second-order valence-corrected chi connectivity index (χ2v) is 13.5. The van der Waals surface area contributed by atoms with Crippen molar-refractivity contribution in [2.75, 3.05) is 0 Å². The van der Waals surface area contributed by atoms with E-state index in [1.807, 2.05) is 29.8 Å². The first kappa shape index (κ1) is 26.9. The fourth-order valence-electron chi connectivity index (χ4n) is 7.13. The molecule has 8 aromatic rings. The maximum atomic E-state index is 5.41. The largest absolute Gasteiger partial charge is 0.264 e. The van der Waals surface area contributed by atoms with Gasteiger partial charge in [0.25, 0.3) is 0 Å². The van der Waals surface area contributed by atoms with E-state index in [-0.39, 0.29) is 5.41 Å². The summed E-state index contributed by atoms with van der Waals surface area (Å²) >= 11 is 1.86. The highest BCUT2D eigenvalue weighted by atomic mass is 32.1. The minimum absolute atomic E-state index is 0.247. The first-order valence-corrected chi connectivity index (χ1v) is 16.4. The van der Waals surface area contributed by atoms with E-state index in [1.165, 1.54) is 48.0 Å². The van der Waals surface area contributed by atoms with Gasteiger partial charge >= 0.3 is 0 Å². The van der Waals surface area contributed by atoms with Gasteiger partial charge in [-0.3, -0.25) is 4.98 Å². The Morgan fingerprint density at radius 3 is 2.11 bits per heavy atom. The Balaban J connectivity index is 1.26. The summed E-state index contributed by atoms with van der Waals surface area (Å²) in [5, 5.41) is 2.61. The minimum Gasteiger partial charge on any atom is -0.264 e. The molecule has 3 heterocycles. The van der Waals surface area contributed by atoms with E-state index in [9.17, 15) is 0 Å². The minimum atomic E-state index is -0.247. The fraction of sp³-hybridized carbons (Fsp3) is 0.0714. The van der Waals surface area contributed by atoms with Crippen LogP contribution in [0.3, 0.4) is 0 Å². The van der Waals surface area contributed by atoms with Crippen LogP contribution < -0.4 is 0 Å². The van der Waals surface area contributed by atoms with Crippen molar-refractivity contribution in [2.45, 2.75) is 19.3 Å². The van der Waals surface area contributed by atoms with Crippen LogP contribution in [-0.2, 0) is 5.41 Å². The average Bonchev–Trinajstić information content (AvgIpc) is 3.61. The predicted octanol–water partition coefficient (Wildman–Crippen LogP) is 11.2. The van der Waals surface area contributed by atoms with Gasteiger partial charge in [0.1, 0.15) is 0 Å². The molecular weight excluding hydrogens is 579 g/mol. The van der Waals surface area contributed by atoms with Gasteiger partial charge in [-0.1, -0.05) is 117 Å². The van der Waals surface area contributed by atoms with Crippen molar-refractivity contribution in [3.8, 4) is 56.2 Å².